The van der Waals surface area contributed by atoms with E-state index in [-0.39, 0.29) is 24.8 Å². The predicted molar refractivity (Wildman–Crippen MR) is 74.3 cm³/mol. The molecular weight excluding hydrogens is 282 g/mol. The minimum atomic E-state index is -0.516. The van der Waals surface area contributed by atoms with Crippen molar-refractivity contribution >= 4 is 35.0 Å². The van der Waals surface area contributed by atoms with E-state index in [0.29, 0.717) is 17.1 Å². The number of imide groups is 1. The summed E-state index contributed by atoms with van der Waals surface area (Å²) in [7, 11) is 0. The molecule has 106 valence electrons. The van der Waals surface area contributed by atoms with Gasteiger partial charge in [0.05, 0.1) is 12.6 Å². The number of halogens is 1. The van der Waals surface area contributed by atoms with E-state index in [1.807, 2.05) is 0 Å². The Morgan fingerprint density at radius 2 is 2.20 bits per heavy atom. The van der Waals surface area contributed by atoms with Gasteiger partial charge in [-0.3, -0.25) is 25.0 Å². The number of carbonyl (C=O) groups is 3. The molecule has 1 saturated heterocycles. The van der Waals surface area contributed by atoms with Gasteiger partial charge >= 0.3 is 0 Å². The van der Waals surface area contributed by atoms with E-state index >= 15 is 0 Å². The zero-order chi connectivity index (χ0) is 14.5. The average Bonchev–Trinajstić information content (AvgIpc) is 2.37. The Balaban J connectivity index is 1.80. The molecule has 0 spiro atoms. The third-order valence-electron chi connectivity index (χ3n) is 2.86. The van der Waals surface area contributed by atoms with E-state index in [1.165, 1.54) is 0 Å². The Morgan fingerprint density at radius 1 is 1.40 bits per heavy atom. The standard InChI is InChI=1S/C13H14ClN3O3/c14-8-2-1-3-9(6-8)16-12(19)7-15-10-4-5-11(18)17-13(10)20/h1-3,6,10,15H,4-5,7H2,(H,16,19)(H,17,18,20). The summed E-state index contributed by atoms with van der Waals surface area (Å²) in [6.07, 6.45) is 0.675. The number of benzene rings is 1. The van der Waals surface area contributed by atoms with Gasteiger partial charge < -0.3 is 5.32 Å². The minimum absolute atomic E-state index is 0.0151. The molecule has 1 unspecified atom stereocenters. The van der Waals surface area contributed by atoms with E-state index in [2.05, 4.69) is 16.0 Å². The highest BCUT2D eigenvalue weighted by Crippen LogP contribution is 2.14. The lowest BCUT2D eigenvalue weighted by atomic mass is 10.1. The van der Waals surface area contributed by atoms with Crippen LogP contribution in [0.2, 0.25) is 5.02 Å². The highest BCUT2D eigenvalue weighted by atomic mass is 35.5. The Bertz CT molecular complexity index is 547. The maximum absolute atomic E-state index is 11.7. The predicted octanol–water partition coefficient (Wildman–Crippen LogP) is 0.673. The lowest BCUT2D eigenvalue weighted by molar-refractivity contribution is -0.134. The second-order valence-corrected chi connectivity index (χ2v) is 4.88. The van der Waals surface area contributed by atoms with Crippen LogP contribution in [0.4, 0.5) is 5.69 Å². The summed E-state index contributed by atoms with van der Waals surface area (Å²) in [5.41, 5.74) is 0.590. The summed E-state index contributed by atoms with van der Waals surface area (Å²) in [5, 5.41) is 8.23. The molecule has 0 aliphatic carbocycles. The van der Waals surface area contributed by atoms with Crippen molar-refractivity contribution in [1.82, 2.24) is 10.6 Å². The van der Waals surface area contributed by atoms with Crippen molar-refractivity contribution in [2.45, 2.75) is 18.9 Å². The molecule has 1 atom stereocenters. The van der Waals surface area contributed by atoms with Gasteiger partial charge in [-0.15, -0.1) is 0 Å². The van der Waals surface area contributed by atoms with Crippen molar-refractivity contribution in [3.63, 3.8) is 0 Å². The lowest BCUT2D eigenvalue weighted by Gasteiger charge is -2.21. The number of amides is 3. The lowest BCUT2D eigenvalue weighted by Crippen LogP contribution is -2.52. The fraction of sp³-hybridized carbons (Fsp3) is 0.308. The van der Waals surface area contributed by atoms with Crippen LogP contribution in [0.3, 0.4) is 0 Å². The van der Waals surface area contributed by atoms with Gasteiger partial charge in [0.25, 0.3) is 0 Å². The summed E-state index contributed by atoms with van der Waals surface area (Å²) < 4.78 is 0. The van der Waals surface area contributed by atoms with Gasteiger partial charge in [0.15, 0.2) is 0 Å². The van der Waals surface area contributed by atoms with Crippen molar-refractivity contribution in [3.05, 3.63) is 29.3 Å². The van der Waals surface area contributed by atoms with Crippen molar-refractivity contribution in [2.24, 2.45) is 0 Å². The molecule has 1 aromatic rings. The van der Waals surface area contributed by atoms with Gasteiger partial charge in [0, 0.05) is 17.1 Å². The second-order valence-electron chi connectivity index (χ2n) is 4.44. The molecule has 0 radical (unpaired) electrons. The maximum Gasteiger partial charge on any atom is 0.243 e. The van der Waals surface area contributed by atoms with Gasteiger partial charge in [-0.25, -0.2) is 0 Å². The molecule has 0 saturated carbocycles. The van der Waals surface area contributed by atoms with E-state index in [1.54, 1.807) is 24.3 Å². The Labute approximate surface area is 120 Å². The first kappa shape index (κ1) is 14.5. The molecule has 20 heavy (non-hydrogen) atoms. The number of piperidine rings is 1. The second kappa shape index (κ2) is 6.49. The third kappa shape index (κ3) is 4.04. The van der Waals surface area contributed by atoms with Gasteiger partial charge in [0.2, 0.25) is 17.7 Å². The highest BCUT2D eigenvalue weighted by Gasteiger charge is 2.26. The first-order valence-electron chi connectivity index (χ1n) is 6.17. The number of hydrogen-bond acceptors (Lipinski definition) is 4. The van der Waals surface area contributed by atoms with E-state index in [9.17, 15) is 14.4 Å². The molecule has 6 nitrogen and oxygen atoms in total. The number of rotatable bonds is 4. The van der Waals surface area contributed by atoms with E-state index in [4.69, 9.17) is 11.6 Å². The van der Waals surface area contributed by atoms with Crippen LogP contribution in [0.1, 0.15) is 12.8 Å². The van der Waals surface area contributed by atoms with Gasteiger partial charge in [0.1, 0.15) is 0 Å². The third-order valence-corrected chi connectivity index (χ3v) is 3.09. The Kier molecular flexibility index (Phi) is 4.70. The van der Waals surface area contributed by atoms with Crippen LogP contribution in [-0.4, -0.2) is 30.3 Å². The Hall–Kier alpha value is -1.92. The first-order chi connectivity index (χ1) is 9.54. The van der Waals surface area contributed by atoms with Crippen LogP contribution in [0.5, 0.6) is 0 Å². The van der Waals surface area contributed by atoms with Crippen LogP contribution in [0, 0.1) is 0 Å². The number of anilines is 1. The largest absolute Gasteiger partial charge is 0.325 e. The average molecular weight is 296 g/mol. The van der Waals surface area contributed by atoms with Crippen LogP contribution in [-0.2, 0) is 14.4 Å². The molecule has 1 aromatic carbocycles. The minimum Gasteiger partial charge on any atom is -0.325 e. The molecule has 0 bridgehead atoms. The fourth-order valence-corrected chi connectivity index (χ4v) is 2.07. The monoisotopic (exact) mass is 295 g/mol. The topological polar surface area (TPSA) is 87.3 Å². The first-order valence-corrected chi connectivity index (χ1v) is 6.55. The SMILES string of the molecule is O=C1CCC(NCC(=O)Nc2cccc(Cl)c2)C(=O)N1. The van der Waals surface area contributed by atoms with Crippen molar-refractivity contribution in [2.75, 3.05) is 11.9 Å². The molecule has 0 aromatic heterocycles. The zero-order valence-electron chi connectivity index (χ0n) is 10.6. The van der Waals surface area contributed by atoms with Crippen LogP contribution < -0.4 is 16.0 Å². The van der Waals surface area contributed by atoms with Gasteiger partial charge in [-0.2, -0.15) is 0 Å². The highest BCUT2D eigenvalue weighted by molar-refractivity contribution is 6.30. The van der Waals surface area contributed by atoms with Gasteiger partial charge in [-0.05, 0) is 24.6 Å². The molecule has 2 rings (SSSR count). The molecule has 3 amide bonds. The molecule has 3 N–H and O–H groups in total. The summed E-state index contributed by atoms with van der Waals surface area (Å²) in [6, 6.07) is 6.27. The molecular formula is C13H14ClN3O3. The molecule has 1 heterocycles. The fourth-order valence-electron chi connectivity index (χ4n) is 1.88. The van der Waals surface area contributed by atoms with Crippen LogP contribution in [0.25, 0.3) is 0 Å². The zero-order valence-corrected chi connectivity index (χ0v) is 11.4. The summed E-state index contributed by atoms with van der Waals surface area (Å²) in [6.45, 7) is -0.0151. The number of nitrogens with one attached hydrogen (secondary N) is 3. The maximum atomic E-state index is 11.7. The quantitative estimate of drug-likeness (QED) is 0.713. The van der Waals surface area contributed by atoms with Crippen molar-refractivity contribution < 1.29 is 14.4 Å². The molecule has 1 aliphatic rings. The summed E-state index contributed by atoms with van der Waals surface area (Å²) in [5.74, 6) is -0.954. The number of carbonyl (C=O) groups excluding carboxylic acids is 3. The smallest absolute Gasteiger partial charge is 0.243 e. The normalized spacial score (nSPS) is 18.6. The Morgan fingerprint density at radius 3 is 2.90 bits per heavy atom. The van der Waals surface area contributed by atoms with Crippen molar-refractivity contribution in [1.29, 1.82) is 0 Å². The van der Waals surface area contributed by atoms with Crippen LogP contribution >= 0.6 is 11.6 Å². The van der Waals surface area contributed by atoms with E-state index < -0.39 is 11.9 Å². The van der Waals surface area contributed by atoms with Crippen molar-refractivity contribution in [3.8, 4) is 0 Å². The van der Waals surface area contributed by atoms with Gasteiger partial charge in [-0.1, -0.05) is 17.7 Å². The van der Waals surface area contributed by atoms with Crippen LogP contribution in [0.15, 0.2) is 24.3 Å². The number of hydrogen-bond donors (Lipinski definition) is 3. The molecule has 1 fully saturated rings. The summed E-state index contributed by atoms with van der Waals surface area (Å²) >= 11 is 5.81. The summed E-state index contributed by atoms with van der Waals surface area (Å²) in [4.78, 5) is 34.2. The molecule has 7 heteroatoms. The molecule has 1 aliphatic heterocycles. The van der Waals surface area contributed by atoms with E-state index in [0.717, 1.165) is 0 Å².